The number of nitrogens with zero attached hydrogens (tertiary/aromatic N) is 2. The zero-order valence-electron chi connectivity index (χ0n) is 14.5. The summed E-state index contributed by atoms with van der Waals surface area (Å²) in [6, 6.07) is 15.9. The highest BCUT2D eigenvalue weighted by molar-refractivity contribution is 6.03. The van der Waals surface area contributed by atoms with E-state index in [1.807, 2.05) is 12.1 Å². The molecule has 0 aliphatic rings. The number of nitrogens with two attached hydrogens (primary N) is 2. The van der Waals surface area contributed by atoms with Crippen LogP contribution in [0.25, 0.3) is 11.3 Å². The topological polar surface area (TPSA) is 131 Å². The molecule has 1 amide bonds. The number of halogens is 1. The Morgan fingerprint density at radius 2 is 1.78 bits per heavy atom. The molecule has 140 valence electrons. The minimum Gasteiger partial charge on any atom is -0.497 e. The molecule has 3 rings (SSSR count). The fourth-order valence-corrected chi connectivity index (χ4v) is 2.31. The number of anilines is 1. The molecule has 3 aromatic rings. The average molecular weight is 387 g/mol. The zero-order valence-corrected chi connectivity index (χ0v) is 15.3. The van der Waals surface area contributed by atoms with Crippen molar-refractivity contribution in [1.29, 1.82) is 0 Å². The molecule has 0 bridgehead atoms. The molecule has 0 fully saturated rings. The van der Waals surface area contributed by atoms with Gasteiger partial charge in [0.15, 0.2) is 5.96 Å². The van der Waals surface area contributed by atoms with Crippen molar-refractivity contribution >= 4 is 35.6 Å². The van der Waals surface area contributed by atoms with Crippen LogP contribution in [0.2, 0.25) is 0 Å². The van der Waals surface area contributed by atoms with Crippen LogP contribution in [0, 0.1) is 0 Å². The highest BCUT2D eigenvalue weighted by Gasteiger charge is 2.11. The first-order valence-electron chi connectivity index (χ1n) is 7.76. The highest BCUT2D eigenvalue weighted by atomic mass is 35.5. The molecule has 0 unspecified atom stereocenters. The van der Waals surface area contributed by atoms with Crippen molar-refractivity contribution in [3.63, 3.8) is 0 Å². The molecule has 1 heterocycles. The number of amides is 1. The van der Waals surface area contributed by atoms with Crippen LogP contribution in [-0.4, -0.2) is 29.2 Å². The molecule has 0 atom stereocenters. The zero-order chi connectivity index (χ0) is 18.5. The van der Waals surface area contributed by atoms with Gasteiger partial charge in [-0.05, 0) is 42.5 Å². The number of carbonyl (C=O) groups excluding carboxylic acids is 1. The molecule has 8 nitrogen and oxygen atoms in total. The lowest BCUT2D eigenvalue weighted by molar-refractivity contribution is 0.102. The Hall–Kier alpha value is -3.52. The minimum atomic E-state index is -0.286. The van der Waals surface area contributed by atoms with Gasteiger partial charge in [0.2, 0.25) is 0 Å². The molecule has 27 heavy (non-hydrogen) atoms. The van der Waals surface area contributed by atoms with E-state index in [0.29, 0.717) is 22.8 Å². The summed E-state index contributed by atoms with van der Waals surface area (Å²) in [7, 11) is 1.59. The molecule has 0 saturated heterocycles. The Balaban J connectivity index is 0.00000261. The number of guanidine groups is 1. The predicted octanol–water partition coefficient (Wildman–Crippen LogP) is 2.66. The van der Waals surface area contributed by atoms with E-state index >= 15 is 0 Å². The molecule has 0 aliphatic carbocycles. The van der Waals surface area contributed by atoms with E-state index in [9.17, 15) is 4.79 Å². The quantitative estimate of drug-likeness (QED) is 0.395. The van der Waals surface area contributed by atoms with Gasteiger partial charge in [-0.15, -0.1) is 12.4 Å². The Bertz CT molecular complexity index is 931. The lowest BCUT2D eigenvalue weighted by atomic mass is 10.1. The van der Waals surface area contributed by atoms with Crippen LogP contribution in [0.1, 0.15) is 10.5 Å². The third kappa shape index (κ3) is 4.99. The Kier molecular flexibility index (Phi) is 6.40. The first-order chi connectivity index (χ1) is 12.5. The summed E-state index contributed by atoms with van der Waals surface area (Å²) in [5.74, 6) is 0.428. The first kappa shape index (κ1) is 19.8. The fourth-order valence-electron chi connectivity index (χ4n) is 2.31. The van der Waals surface area contributed by atoms with Crippen LogP contribution >= 0.6 is 12.4 Å². The van der Waals surface area contributed by atoms with Gasteiger partial charge < -0.3 is 21.5 Å². The summed E-state index contributed by atoms with van der Waals surface area (Å²) in [6.45, 7) is 0. The van der Waals surface area contributed by atoms with E-state index in [1.54, 1.807) is 49.6 Å². The molecule has 6 N–H and O–H groups in total. The molecular weight excluding hydrogens is 368 g/mol. The maximum Gasteiger partial charge on any atom is 0.273 e. The summed E-state index contributed by atoms with van der Waals surface area (Å²) in [5, 5.41) is 9.71. The summed E-state index contributed by atoms with van der Waals surface area (Å²) < 4.78 is 5.09. The molecule has 9 heteroatoms. The predicted molar refractivity (Wildman–Crippen MR) is 108 cm³/mol. The number of benzene rings is 2. The van der Waals surface area contributed by atoms with Crippen LogP contribution in [0.15, 0.2) is 59.6 Å². The highest BCUT2D eigenvalue weighted by Crippen LogP contribution is 2.22. The number of carbonyl (C=O) groups is 1. The smallest absolute Gasteiger partial charge is 0.273 e. The Morgan fingerprint density at radius 1 is 1.11 bits per heavy atom. The van der Waals surface area contributed by atoms with Crippen molar-refractivity contribution in [2.75, 3.05) is 12.4 Å². The van der Waals surface area contributed by atoms with Crippen molar-refractivity contribution in [1.82, 2.24) is 10.2 Å². The third-order valence-electron chi connectivity index (χ3n) is 3.59. The van der Waals surface area contributed by atoms with Crippen molar-refractivity contribution in [2.45, 2.75) is 0 Å². The second kappa shape index (κ2) is 8.72. The van der Waals surface area contributed by atoms with Crippen molar-refractivity contribution in [3.8, 4) is 17.0 Å². The normalized spacial score (nSPS) is 9.81. The number of aliphatic imine (C=N–C) groups is 1. The van der Waals surface area contributed by atoms with Crippen LogP contribution < -0.4 is 21.5 Å². The van der Waals surface area contributed by atoms with Gasteiger partial charge in [0, 0.05) is 11.3 Å². The SMILES string of the molecule is COc1ccc(NC(=O)c2cc(-c3ccc(N=C(N)N)cc3)n[nH]2)cc1.Cl. The van der Waals surface area contributed by atoms with E-state index in [1.165, 1.54) is 0 Å². The Morgan fingerprint density at radius 3 is 2.37 bits per heavy atom. The molecular formula is C18H19ClN6O2. The Labute approximate surface area is 162 Å². The largest absolute Gasteiger partial charge is 0.497 e. The van der Waals surface area contributed by atoms with Crippen LogP contribution in [0.4, 0.5) is 11.4 Å². The van der Waals surface area contributed by atoms with Gasteiger partial charge in [-0.1, -0.05) is 12.1 Å². The number of hydrogen-bond acceptors (Lipinski definition) is 4. The summed E-state index contributed by atoms with van der Waals surface area (Å²) in [4.78, 5) is 16.3. The molecule has 1 aromatic heterocycles. The van der Waals surface area contributed by atoms with Gasteiger partial charge in [-0.3, -0.25) is 9.89 Å². The summed E-state index contributed by atoms with van der Waals surface area (Å²) in [6.07, 6.45) is 0. The standard InChI is InChI=1S/C18H18N6O2.ClH/c1-26-14-8-6-12(7-9-14)21-17(25)16-10-15(23-24-16)11-2-4-13(5-3-11)22-18(19)20;/h2-10H,1H3,(H,21,25)(H,23,24)(H4,19,20,22);1H. The van der Waals surface area contributed by atoms with E-state index in [0.717, 1.165) is 11.3 Å². The summed E-state index contributed by atoms with van der Waals surface area (Å²) in [5.41, 5.74) is 13.8. The van der Waals surface area contributed by atoms with Crippen molar-refractivity contribution < 1.29 is 9.53 Å². The minimum absolute atomic E-state index is 0. The monoisotopic (exact) mass is 386 g/mol. The molecule has 2 aromatic carbocycles. The summed E-state index contributed by atoms with van der Waals surface area (Å²) >= 11 is 0. The molecule has 0 radical (unpaired) electrons. The molecule has 0 saturated carbocycles. The van der Waals surface area contributed by atoms with Crippen LogP contribution in [0.3, 0.4) is 0 Å². The lowest BCUT2D eigenvalue weighted by Crippen LogP contribution is -2.21. The number of aromatic amines is 1. The number of rotatable bonds is 5. The van der Waals surface area contributed by atoms with E-state index in [-0.39, 0.29) is 24.3 Å². The van der Waals surface area contributed by atoms with E-state index in [2.05, 4.69) is 20.5 Å². The first-order valence-corrected chi connectivity index (χ1v) is 7.76. The number of nitrogens with one attached hydrogen (secondary N) is 2. The maximum absolute atomic E-state index is 12.3. The van der Waals surface area contributed by atoms with Crippen molar-refractivity contribution in [3.05, 3.63) is 60.3 Å². The molecule has 0 aliphatic heterocycles. The third-order valence-corrected chi connectivity index (χ3v) is 3.59. The molecule has 0 spiro atoms. The van der Waals surface area contributed by atoms with Gasteiger partial charge in [-0.25, -0.2) is 4.99 Å². The fraction of sp³-hybridized carbons (Fsp3) is 0.0556. The lowest BCUT2D eigenvalue weighted by Gasteiger charge is -2.04. The van der Waals surface area contributed by atoms with Gasteiger partial charge in [-0.2, -0.15) is 5.10 Å². The van der Waals surface area contributed by atoms with Gasteiger partial charge >= 0.3 is 0 Å². The van der Waals surface area contributed by atoms with E-state index < -0.39 is 0 Å². The van der Waals surface area contributed by atoms with Crippen LogP contribution in [0.5, 0.6) is 5.75 Å². The maximum atomic E-state index is 12.3. The second-order valence-corrected chi connectivity index (χ2v) is 5.43. The van der Waals surface area contributed by atoms with Crippen molar-refractivity contribution in [2.24, 2.45) is 16.5 Å². The number of ether oxygens (including phenoxy) is 1. The number of H-pyrrole nitrogens is 1. The van der Waals surface area contributed by atoms with Gasteiger partial charge in [0.25, 0.3) is 5.91 Å². The number of methoxy groups -OCH3 is 1. The number of aromatic nitrogens is 2. The second-order valence-electron chi connectivity index (χ2n) is 5.43. The number of hydrogen-bond donors (Lipinski definition) is 4. The van der Waals surface area contributed by atoms with E-state index in [4.69, 9.17) is 16.2 Å². The van der Waals surface area contributed by atoms with Crippen LogP contribution in [-0.2, 0) is 0 Å². The van der Waals surface area contributed by atoms with Gasteiger partial charge in [0.1, 0.15) is 11.4 Å². The van der Waals surface area contributed by atoms with Gasteiger partial charge in [0.05, 0.1) is 18.5 Å². The average Bonchev–Trinajstić information content (AvgIpc) is 3.13.